The molecule has 0 aliphatic carbocycles. The second-order valence-corrected chi connectivity index (χ2v) is 10.5. The van der Waals surface area contributed by atoms with E-state index in [0.717, 1.165) is 27.5 Å². The van der Waals surface area contributed by atoms with Crippen molar-refractivity contribution in [2.75, 3.05) is 5.32 Å². The first-order valence-corrected chi connectivity index (χ1v) is 13.1. The van der Waals surface area contributed by atoms with E-state index in [2.05, 4.69) is 10.8 Å². The zero-order valence-corrected chi connectivity index (χ0v) is 23.2. The molecule has 9 nitrogen and oxygen atoms in total. The Morgan fingerprint density at radius 1 is 0.780 bits per heavy atom. The fourth-order valence-electron chi connectivity index (χ4n) is 4.13. The van der Waals surface area contributed by atoms with Crippen LogP contribution in [0.3, 0.4) is 0 Å². The van der Waals surface area contributed by atoms with Gasteiger partial charge in [-0.1, -0.05) is 54.6 Å². The molecule has 0 heterocycles. The quantitative estimate of drug-likeness (QED) is 0.197. The van der Waals surface area contributed by atoms with Crippen molar-refractivity contribution in [2.24, 2.45) is 0 Å². The third-order valence-electron chi connectivity index (χ3n) is 6.36. The number of ether oxygens (including phenoxy) is 1. The predicted molar refractivity (Wildman–Crippen MR) is 156 cm³/mol. The minimum Gasteiger partial charge on any atom is -0.465 e. The highest BCUT2D eigenvalue weighted by Crippen LogP contribution is 2.23. The minimum atomic E-state index is -0.964. The molecule has 0 aliphatic heterocycles. The van der Waals surface area contributed by atoms with E-state index in [9.17, 15) is 19.5 Å². The van der Waals surface area contributed by atoms with Gasteiger partial charge in [-0.05, 0) is 84.6 Å². The molecule has 212 valence electrons. The van der Waals surface area contributed by atoms with Gasteiger partial charge in [0.1, 0.15) is 6.61 Å². The van der Waals surface area contributed by atoms with Gasteiger partial charge in [-0.25, -0.2) is 15.1 Å². The number of rotatable bonds is 9. The number of carbonyl (C=O) groups excluding carboxylic acids is 2. The van der Waals surface area contributed by atoms with Crippen LogP contribution in [0.5, 0.6) is 0 Å². The van der Waals surface area contributed by atoms with E-state index in [4.69, 9.17) is 9.57 Å². The van der Waals surface area contributed by atoms with Crippen LogP contribution in [0.15, 0.2) is 91.0 Å². The topological polar surface area (TPSA) is 117 Å². The van der Waals surface area contributed by atoms with Crippen LogP contribution >= 0.6 is 0 Å². The summed E-state index contributed by atoms with van der Waals surface area (Å²) >= 11 is 0. The molecule has 0 radical (unpaired) electrons. The third kappa shape index (κ3) is 8.30. The Hall–Kier alpha value is -4.89. The van der Waals surface area contributed by atoms with E-state index >= 15 is 0 Å². The fourth-order valence-corrected chi connectivity index (χ4v) is 4.13. The molecular weight excluding hydrogens is 522 g/mol. The summed E-state index contributed by atoms with van der Waals surface area (Å²) in [6.07, 6.45) is -1.59. The molecule has 0 spiro atoms. The number of carbonyl (C=O) groups is 3. The third-order valence-corrected chi connectivity index (χ3v) is 6.36. The van der Waals surface area contributed by atoms with Gasteiger partial charge in [0.15, 0.2) is 0 Å². The summed E-state index contributed by atoms with van der Waals surface area (Å²) in [4.78, 5) is 43.0. The molecule has 4 aromatic rings. The molecule has 0 fully saturated rings. The maximum Gasteiger partial charge on any atom is 0.411 e. The molecule has 0 saturated heterocycles. The lowest BCUT2D eigenvalue weighted by Gasteiger charge is -2.33. The Balaban J connectivity index is 1.26. The molecule has 4 rings (SSSR count). The lowest BCUT2D eigenvalue weighted by Crippen LogP contribution is -2.44. The van der Waals surface area contributed by atoms with Crippen molar-refractivity contribution < 1.29 is 29.1 Å². The SMILES string of the molecule is CC(C)(C)N(Cc1ccc2cc(COC(=O)Nc3ccc(C(=O)NOCc4ccccc4)cc3)ccc2c1)C(=O)O. The second-order valence-electron chi connectivity index (χ2n) is 10.5. The zero-order chi connectivity index (χ0) is 29.4. The highest BCUT2D eigenvalue weighted by molar-refractivity contribution is 5.94. The molecule has 4 aromatic carbocycles. The highest BCUT2D eigenvalue weighted by atomic mass is 16.6. The first kappa shape index (κ1) is 29.1. The summed E-state index contributed by atoms with van der Waals surface area (Å²) in [5.74, 6) is -0.396. The van der Waals surface area contributed by atoms with Gasteiger partial charge in [0, 0.05) is 23.3 Å². The van der Waals surface area contributed by atoms with E-state index in [-0.39, 0.29) is 19.8 Å². The van der Waals surface area contributed by atoms with E-state index in [1.54, 1.807) is 24.3 Å². The zero-order valence-electron chi connectivity index (χ0n) is 23.2. The molecule has 0 unspecified atom stereocenters. The second kappa shape index (κ2) is 13.0. The lowest BCUT2D eigenvalue weighted by molar-refractivity contribution is 0.0233. The van der Waals surface area contributed by atoms with Crippen molar-refractivity contribution in [1.29, 1.82) is 0 Å². The first-order valence-electron chi connectivity index (χ1n) is 13.1. The van der Waals surface area contributed by atoms with Crippen LogP contribution in [0.4, 0.5) is 15.3 Å². The molecule has 0 saturated carbocycles. The number of fused-ring (bicyclic) bond motifs is 1. The number of amides is 3. The van der Waals surface area contributed by atoms with E-state index in [1.165, 1.54) is 4.90 Å². The van der Waals surface area contributed by atoms with Gasteiger partial charge < -0.3 is 9.84 Å². The van der Waals surface area contributed by atoms with Crippen LogP contribution < -0.4 is 10.8 Å². The number of hydrogen-bond donors (Lipinski definition) is 3. The van der Waals surface area contributed by atoms with Crippen molar-refractivity contribution in [3.05, 3.63) is 113 Å². The Labute approximate surface area is 238 Å². The standard InChI is InChI=1S/C32H33N3O6/c1-32(2,3)35(31(38)39)19-23-9-11-27-18-24(10-12-26(27)17-23)20-40-30(37)33-28-15-13-25(14-16-28)29(36)34-41-21-22-7-5-4-6-8-22/h4-18H,19-21H2,1-3H3,(H,33,37)(H,34,36)(H,38,39). The average Bonchev–Trinajstić information content (AvgIpc) is 2.95. The van der Waals surface area contributed by atoms with Gasteiger partial charge in [0.25, 0.3) is 5.91 Å². The molecule has 3 N–H and O–H groups in total. The van der Waals surface area contributed by atoms with Crippen LogP contribution in [-0.2, 0) is 29.3 Å². The van der Waals surface area contributed by atoms with Crippen molar-refractivity contribution in [1.82, 2.24) is 10.4 Å². The van der Waals surface area contributed by atoms with Gasteiger partial charge in [0.2, 0.25) is 0 Å². The van der Waals surface area contributed by atoms with Gasteiger partial charge in [0.05, 0.1) is 6.61 Å². The summed E-state index contributed by atoms with van der Waals surface area (Å²) in [5.41, 5.74) is 5.38. The number of nitrogens with zero attached hydrogens (tertiary/aromatic N) is 1. The molecule has 3 amide bonds. The fraction of sp³-hybridized carbons (Fsp3) is 0.219. The summed E-state index contributed by atoms with van der Waals surface area (Å²) < 4.78 is 5.37. The monoisotopic (exact) mass is 555 g/mol. The van der Waals surface area contributed by atoms with Gasteiger partial charge in [-0.3, -0.25) is 19.8 Å². The Kier molecular flexibility index (Phi) is 9.21. The number of carboxylic acid groups (broad SMARTS) is 1. The van der Waals surface area contributed by atoms with E-state index < -0.39 is 23.6 Å². The van der Waals surface area contributed by atoms with Gasteiger partial charge in [-0.15, -0.1) is 0 Å². The average molecular weight is 556 g/mol. The van der Waals surface area contributed by atoms with Crippen LogP contribution in [0.1, 0.15) is 47.8 Å². The summed E-state index contributed by atoms with van der Waals surface area (Å²) in [5, 5.41) is 14.1. The molecule has 9 heteroatoms. The molecule has 0 aliphatic rings. The first-order chi connectivity index (χ1) is 19.6. The maximum atomic E-state index is 12.3. The molecule has 0 atom stereocenters. The minimum absolute atomic E-state index is 0.0690. The predicted octanol–water partition coefficient (Wildman–Crippen LogP) is 6.73. The molecule has 0 bridgehead atoms. The molecule has 0 aromatic heterocycles. The van der Waals surface area contributed by atoms with Crippen molar-refractivity contribution >= 4 is 34.6 Å². The summed E-state index contributed by atoms with van der Waals surface area (Å²) in [6, 6.07) is 27.4. The van der Waals surface area contributed by atoms with Crippen molar-refractivity contribution in [2.45, 2.75) is 46.1 Å². The van der Waals surface area contributed by atoms with Crippen LogP contribution in [0.25, 0.3) is 10.8 Å². The number of benzene rings is 4. The lowest BCUT2D eigenvalue weighted by atomic mass is 10.0. The smallest absolute Gasteiger partial charge is 0.411 e. The summed E-state index contributed by atoms with van der Waals surface area (Å²) in [6.45, 7) is 6.20. The van der Waals surface area contributed by atoms with E-state index in [1.807, 2.05) is 87.5 Å². The van der Waals surface area contributed by atoms with Crippen molar-refractivity contribution in [3.63, 3.8) is 0 Å². The number of nitrogens with one attached hydrogen (secondary N) is 2. The number of hydroxylamine groups is 1. The Morgan fingerprint density at radius 2 is 1.41 bits per heavy atom. The van der Waals surface area contributed by atoms with Crippen molar-refractivity contribution in [3.8, 4) is 0 Å². The van der Waals surface area contributed by atoms with Crippen LogP contribution in [0, 0.1) is 0 Å². The van der Waals surface area contributed by atoms with Crippen LogP contribution in [-0.4, -0.2) is 33.6 Å². The molecule has 41 heavy (non-hydrogen) atoms. The number of hydrogen-bond acceptors (Lipinski definition) is 5. The largest absolute Gasteiger partial charge is 0.465 e. The normalized spacial score (nSPS) is 11.1. The number of anilines is 1. The van der Waals surface area contributed by atoms with Gasteiger partial charge in [-0.2, -0.15) is 0 Å². The van der Waals surface area contributed by atoms with Gasteiger partial charge >= 0.3 is 12.2 Å². The van der Waals surface area contributed by atoms with Crippen LogP contribution in [0.2, 0.25) is 0 Å². The van der Waals surface area contributed by atoms with E-state index in [0.29, 0.717) is 11.3 Å². The maximum absolute atomic E-state index is 12.3. The Bertz CT molecular complexity index is 1510. The summed E-state index contributed by atoms with van der Waals surface area (Å²) in [7, 11) is 0. The Morgan fingerprint density at radius 3 is 2.05 bits per heavy atom. The highest BCUT2D eigenvalue weighted by Gasteiger charge is 2.26. The molecular formula is C32H33N3O6.